The fourth-order valence-corrected chi connectivity index (χ4v) is 3.40. The molecule has 0 saturated carbocycles. The molecule has 1 N–H and O–H groups in total. The summed E-state index contributed by atoms with van der Waals surface area (Å²) < 4.78 is 5.11. The zero-order valence-electron chi connectivity index (χ0n) is 15.6. The first-order valence-corrected chi connectivity index (χ1v) is 9.07. The Morgan fingerprint density at radius 3 is 2.85 bits per heavy atom. The van der Waals surface area contributed by atoms with E-state index in [0.29, 0.717) is 11.3 Å². The van der Waals surface area contributed by atoms with E-state index in [9.17, 15) is 9.59 Å². The number of aryl methyl sites for hydroxylation is 1. The lowest BCUT2D eigenvalue weighted by Gasteiger charge is -2.37. The number of carbonyl (C=O) groups excluding carboxylic acids is 2. The number of rotatable bonds is 5. The molecule has 3 rings (SSSR count). The number of benzene rings is 1. The smallest absolute Gasteiger partial charge is 0.291 e. The lowest BCUT2D eigenvalue weighted by molar-refractivity contribution is 0.0622. The Balaban J connectivity index is 1.79. The molecular weight excluding hydrogens is 340 g/mol. The third-order valence-electron chi connectivity index (χ3n) is 4.79. The van der Waals surface area contributed by atoms with Gasteiger partial charge in [-0.05, 0) is 62.6 Å². The lowest BCUT2D eigenvalue weighted by Crippen LogP contribution is -2.46. The number of amides is 2. The van der Waals surface area contributed by atoms with E-state index in [1.165, 1.54) is 6.26 Å². The molecule has 0 aliphatic carbocycles. The predicted octanol–water partition coefficient (Wildman–Crippen LogP) is 4.58. The van der Waals surface area contributed by atoms with Crippen molar-refractivity contribution >= 4 is 17.5 Å². The first kappa shape index (κ1) is 18.7. The van der Waals surface area contributed by atoms with Crippen LogP contribution in [0, 0.1) is 6.92 Å². The maximum Gasteiger partial charge on any atom is 0.291 e. The molecule has 0 spiro atoms. The van der Waals surface area contributed by atoms with Crippen molar-refractivity contribution in [3.05, 3.63) is 78.3 Å². The summed E-state index contributed by atoms with van der Waals surface area (Å²) in [4.78, 5) is 27.2. The van der Waals surface area contributed by atoms with Crippen molar-refractivity contribution in [2.24, 2.45) is 0 Å². The number of nitrogens with one attached hydrogen (secondary N) is 1. The molecule has 2 amide bonds. The van der Waals surface area contributed by atoms with Crippen LogP contribution in [-0.2, 0) is 0 Å². The third-order valence-corrected chi connectivity index (χ3v) is 4.79. The van der Waals surface area contributed by atoms with Crippen LogP contribution in [0.15, 0.2) is 65.8 Å². The molecule has 1 aliphatic heterocycles. The number of carbonyl (C=O) groups is 2. The van der Waals surface area contributed by atoms with Crippen LogP contribution in [-0.4, -0.2) is 28.8 Å². The number of hydrogen-bond donors (Lipinski definition) is 1. The lowest BCUT2D eigenvalue weighted by atomic mass is 9.98. The molecule has 1 aromatic carbocycles. The van der Waals surface area contributed by atoms with Gasteiger partial charge in [0.15, 0.2) is 5.76 Å². The second kappa shape index (κ2) is 8.08. The summed E-state index contributed by atoms with van der Waals surface area (Å²) in [5.41, 5.74) is 2.09. The van der Waals surface area contributed by atoms with E-state index in [2.05, 4.69) is 24.0 Å². The fourth-order valence-electron chi connectivity index (χ4n) is 3.40. The topological polar surface area (TPSA) is 62.6 Å². The van der Waals surface area contributed by atoms with Gasteiger partial charge in [0, 0.05) is 23.3 Å². The molecule has 1 aromatic heterocycles. The van der Waals surface area contributed by atoms with Crippen LogP contribution in [0.25, 0.3) is 0 Å². The number of anilines is 1. The van der Waals surface area contributed by atoms with Crippen LogP contribution < -0.4 is 5.32 Å². The summed E-state index contributed by atoms with van der Waals surface area (Å²) in [6.45, 7) is 7.70. The van der Waals surface area contributed by atoms with Gasteiger partial charge in [-0.3, -0.25) is 9.59 Å². The Kier molecular flexibility index (Phi) is 5.60. The Labute approximate surface area is 159 Å². The Morgan fingerprint density at radius 2 is 2.19 bits per heavy atom. The molecule has 5 heteroatoms. The molecule has 0 bridgehead atoms. The molecule has 1 aliphatic rings. The summed E-state index contributed by atoms with van der Waals surface area (Å²) in [5.74, 6) is -0.0792. The van der Waals surface area contributed by atoms with Crippen LogP contribution >= 0.6 is 0 Å². The second-order valence-electron chi connectivity index (χ2n) is 6.76. The van der Waals surface area contributed by atoms with Crippen molar-refractivity contribution in [3.63, 3.8) is 0 Å². The van der Waals surface area contributed by atoms with E-state index in [1.807, 2.05) is 30.9 Å². The standard InChI is InChI=1S/C22H24N2O3/c1-4-7-18-9-5-8-16(3)24(18)22(26)17-11-12-19(15(2)14-17)23-21(25)20-10-6-13-27-20/h4-6,8,10-14,16,18H,1,7,9H2,2-3H3,(H,23,25)/t16-,18-/m1/s1. The third kappa shape index (κ3) is 4.03. The molecular formula is C22H24N2O3. The van der Waals surface area contributed by atoms with Crippen molar-refractivity contribution in [2.75, 3.05) is 5.32 Å². The van der Waals surface area contributed by atoms with Crippen LogP contribution in [0.5, 0.6) is 0 Å². The Hall–Kier alpha value is -3.08. The molecule has 0 unspecified atom stereocenters. The van der Waals surface area contributed by atoms with E-state index in [-0.39, 0.29) is 29.7 Å². The van der Waals surface area contributed by atoms with Gasteiger partial charge in [0.2, 0.25) is 0 Å². The SMILES string of the molecule is C=CC[C@@H]1CC=C[C@@H](C)N1C(=O)c1ccc(NC(=O)c2ccco2)c(C)c1. The zero-order chi connectivity index (χ0) is 19.4. The maximum atomic E-state index is 13.1. The van der Waals surface area contributed by atoms with Gasteiger partial charge in [-0.1, -0.05) is 18.2 Å². The summed E-state index contributed by atoms with van der Waals surface area (Å²) in [6, 6.07) is 8.75. The minimum absolute atomic E-state index is 0.00860. The molecule has 0 fully saturated rings. The van der Waals surface area contributed by atoms with Crippen molar-refractivity contribution in [2.45, 2.75) is 38.8 Å². The average molecular weight is 364 g/mol. The molecule has 5 nitrogen and oxygen atoms in total. The monoisotopic (exact) mass is 364 g/mol. The maximum absolute atomic E-state index is 13.1. The van der Waals surface area contributed by atoms with Crippen LogP contribution in [0.3, 0.4) is 0 Å². The van der Waals surface area contributed by atoms with Gasteiger partial charge in [-0.25, -0.2) is 0 Å². The van der Waals surface area contributed by atoms with Crippen molar-refractivity contribution in [1.29, 1.82) is 0 Å². The fraction of sp³-hybridized carbons (Fsp3) is 0.273. The van der Waals surface area contributed by atoms with Gasteiger partial charge in [-0.15, -0.1) is 6.58 Å². The first-order valence-electron chi connectivity index (χ1n) is 9.07. The highest BCUT2D eigenvalue weighted by atomic mass is 16.3. The van der Waals surface area contributed by atoms with Gasteiger partial charge >= 0.3 is 0 Å². The largest absolute Gasteiger partial charge is 0.459 e. The van der Waals surface area contributed by atoms with E-state index in [0.717, 1.165) is 18.4 Å². The minimum Gasteiger partial charge on any atom is -0.459 e. The van der Waals surface area contributed by atoms with Gasteiger partial charge in [0.1, 0.15) is 0 Å². The van der Waals surface area contributed by atoms with Crippen molar-refractivity contribution in [3.8, 4) is 0 Å². The summed E-state index contributed by atoms with van der Waals surface area (Å²) >= 11 is 0. The van der Waals surface area contributed by atoms with Gasteiger partial charge in [-0.2, -0.15) is 0 Å². The summed E-state index contributed by atoms with van der Waals surface area (Å²) in [5, 5.41) is 2.81. The van der Waals surface area contributed by atoms with Crippen molar-refractivity contribution in [1.82, 2.24) is 4.90 Å². The average Bonchev–Trinajstić information content (AvgIpc) is 3.18. The second-order valence-corrected chi connectivity index (χ2v) is 6.76. The van der Waals surface area contributed by atoms with Crippen molar-refractivity contribution < 1.29 is 14.0 Å². The quantitative estimate of drug-likeness (QED) is 0.790. The van der Waals surface area contributed by atoms with E-state index >= 15 is 0 Å². The number of nitrogens with zero attached hydrogens (tertiary/aromatic N) is 1. The molecule has 140 valence electrons. The van der Waals surface area contributed by atoms with E-state index in [4.69, 9.17) is 4.42 Å². The van der Waals surface area contributed by atoms with Crippen LogP contribution in [0.1, 0.15) is 46.2 Å². The number of furan rings is 1. The number of hydrogen-bond acceptors (Lipinski definition) is 3. The van der Waals surface area contributed by atoms with Crippen LogP contribution in [0.4, 0.5) is 5.69 Å². The highest BCUT2D eigenvalue weighted by molar-refractivity contribution is 6.03. The first-order chi connectivity index (χ1) is 13.0. The minimum atomic E-state index is -0.317. The van der Waals surface area contributed by atoms with Gasteiger partial charge < -0.3 is 14.6 Å². The van der Waals surface area contributed by atoms with Crippen LogP contribution in [0.2, 0.25) is 0 Å². The van der Waals surface area contributed by atoms with E-state index in [1.54, 1.807) is 24.3 Å². The molecule has 0 saturated heterocycles. The van der Waals surface area contributed by atoms with E-state index < -0.39 is 0 Å². The Morgan fingerprint density at radius 1 is 1.37 bits per heavy atom. The molecule has 2 heterocycles. The molecule has 2 atom stereocenters. The molecule has 2 aromatic rings. The zero-order valence-corrected chi connectivity index (χ0v) is 15.6. The highest BCUT2D eigenvalue weighted by Gasteiger charge is 2.29. The molecule has 27 heavy (non-hydrogen) atoms. The molecule has 0 radical (unpaired) electrons. The van der Waals surface area contributed by atoms with Gasteiger partial charge in [0.25, 0.3) is 11.8 Å². The van der Waals surface area contributed by atoms with Gasteiger partial charge in [0.05, 0.1) is 6.26 Å². The Bertz CT molecular complexity index is 868. The predicted molar refractivity (Wildman–Crippen MR) is 106 cm³/mol. The summed E-state index contributed by atoms with van der Waals surface area (Å²) in [6.07, 6.45) is 9.09. The normalized spacial score (nSPS) is 19.0. The summed E-state index contributed by atoms with van der Waals surface area (Å²) in [7, 11) is 0. The highest BCUT2D eigenvalue weighted by Crippen LogP contribution is 2.25.